The van der Waals surface area contributed by atoms with Crippen molar-refractivity contribution >= 4 is 17.3 Å². The predicted molar refractivity (Wildman–Crippen MR) is 62.0 cm³/mol. The van der Waals surface area contributed by atoms with E-state index in [2.05, 4.69) is 18.3 Å². The molecule has 1 aliphatic rings. The van der Waals surface area contributed by atoms with Crippen LogP contribution in [0.15, 0.2) is 18.2 Å². The molecule has 0 aliphatic heterocycles. The maximum atomic E-state index is 8.73. The molecule has 1 atom stereocenters. The Kier molecular flexibility index (Phi) is 2.83. The van der Waals surface area contributed by atoms with Gasteiger partial charge < -0.3 is 5.32 Å². The van der Waals surface area contributed by atoms with Crippen LogP contribution in [0.5, 0.6) is 0 Å². The van der Waals surface area contributed by atoms with Crippen LogP contribution in [0, 0.1) is 17.2 Å². The molecule has 78 valence electrons. The average Bonchev–Trinajstić information content (AvgIpc) is 3.01. The highest BCUT2D eigenvalue weighted by Crippen LogP contribution is 2.34. The summed E-state index contributed by atoms with van der Waals surface area (Å²) < 4.78 is 0. The lowest BCUT2D eigenvalue weighted by atomic mass is 10.2. The van der Waals surface area contributed by atoms with Gasteiger partial charge in [-0.1, -0.05) is 11.6 Å². The van der Waals surface area contributed by atoms with Crippen LogP contribution in [0.4, 0.5) is 5.69 Å². The van der Waals surface area contributed by atoms with Gasteiger partial charge in [0.2, 0.25) is 0 Å². The maximum absolute atomic E-state index is 8.73. The minimum atomic E-state index is 0.494. The quantitative estimate of drug-likeness (QED) is 0.847. The van der Waals surface area contributed by atoms with Crippen molar-refractivity contribution in [3.8, 4) is 6.07 Å². The van der Waals surface area contributed by atoms with Gasteiger partial charge in [0.15, 0.2) is 0 Å². The van der Waals surface area contributed by atoms with Gasteiger partial charge in [0.1, 0.15) is 6.07 Å². The lowest BCUT2D eigenvalue weighted by Gasteiger charge is -2.14. The maximum Gasteiger partial charge on any atom is 0.101 e. The van der Waals surface area contributed by atoms with Gasteiger partial charge in [0, 0.05) is 11.7 Å². The van der Waals surface area contributed by atoms with Crippen LogP contribution < -0.4 is 5.32 Å². The summed E-state index contributed by atoms with van der Waals surface area (Å²) in [4.78, 5) is 0. The third-order valence-corrected chi connectivity index (χ3v) is 3.13. The van der Waals surface area contributed by atoms with Gasteiger partial charge in [-0.15, -0.1) is 0 Å². The molecule has 0 bridgehead atoms. The van der Waals surface area contributed by atoms with E-state index in [0.29, 0.717) is 16.6 Å². The van der Waals surface area contributed by atoms with Gasteiger partial charge in [0.25, 0.3) is 0 Å². The van der Waals surface area contributed by atoms with Crippen molar-refractivity contribution in [1.82, 2.24) is 0 Å². The molecule has 1 aliphatic carbocycles. The Hall–Kier alpha value is -1.20. The molecule has 0 aromatic heterocycles. The fourth-order valence-corrected chi connectivity index (χ4v) is 1.90. The fraction of sp³-hybridized carbons (Fsp3) is 0.417. The molecule has 0 saturated heterocycles. The molecule has 3 heteroatoms. The van der Waals surface area contributed by atoms with Crippen molar-refractivity contribution in [2.24, 2.45) is 5.92 Å². The number of hydrogen-bond donors (Lipinski definition) is 1. The zero-order valence-electron chi connectivity index (χ0n) is 8.63. The summed E-state index contributed by atoms with van der Waals surface area (Å²) in [5.74, 6) is 0.805. The Morgan fingerprint density at radius 2 is 2.27 bits per heavy atom. The summed E-state index contributed by atoms with van der Waals surface area (Å²) in [5.41, 5.74) is 1.53. The Bertz CT molecular complexity index is 405. The first-order valence-electron chi connectivity index (χ1n) is 5.17. The van der Waals surface area contributed by atoms with Crippen molar-refractivity contribution in [2.75, 3.05) is 5.32 Å². The molecule has 1 aromatic carbocycles. The molecule has 15 heavy (non-hydrogen) atoms. The monoisotopic (exact) mass is 220 g/mol. The first kappa shape index (κ1) is 10.3. The van der Waals surface area contributed by atoms with Gasteiger partial charge in [-0.25, -0.2) is 0 Å². The van der Waals surface area contributed by atoms with Crippen molar-refractivity contribution in [3.05, 3.63) is 28.8 Å². The second-order valence-electron chi connectivity index (χ2n) is 4.08. The molecular weight excluding hydrogens is 208 g/mol. The summed E-state index contributed by atoms with van der Waals surface area (Å²) in [6.45, 7) is 2.18. The van der Waals surface area contributed by atoms with Crippen LogP contribution >= 0.6 is 11.6 Å². The first-order valence-corrected chi connectivity index (χ1v) is 5.54. The molecular formula is C12H13ClN2. The second-order valence-corrected chi connectivity index (χ2v) is 4.48. The lowest BCUT2D eigenvalue weighted by molar-refractivity contribution is 0.694. The van der Waals surface area contributed by atoms with Gasteiger partial charge in [-0.3, -0.25) is 0 Å². The minimum absolute atomic E-state index is 0.494. The highest BCUT2D eigenvalue weighted by molar-refractivity contribution is 6.32. The molecule has 2 nitrogen and oxygen atoms in total. The number of nitrogens with zero attached hydrogens (tertiary/aromatic N) is 1. The van der Waals surface area contributed by atoms with Gasteiger partial charge >= 0.3 is 0 Å². The van der Waals surface area contributed by atoms with Gasteiger partial charge in [0.05, 0.1) is 10.6 Å². The number of nitrogens with one attached hydrogen (secondary N) is 1. The average molecular weight is 221 g/mol. The molecule has 0 spiro atoms. The van der Waals surface area contributed by atoms with E-state index in [4.69, 9.17) is 16.9 Å². The molecule has 1 saturated carbocycles. The third-order valence-electron chi connectivity index (χ3n) is 2.81. The molecule has 2 rings (SSSR count). The zero-order valence-corrected chi connectivity index (χ0v) is 9.38. The van der Waals surface area contributed by atoms with Crippen molar-refractivity contribution in [2.45, 2.75) is 25.8 Å². The summed E-state index contributed by atoms with van der Waals surface area (Å²) >= 11 is 5.95. The predicted octanol–water partition coefficient (Wildman–Crippen LogP) is 3.42. The van der Waals surface area contributed by atoms with E-state index < -0.39 is 0 Å². The summed E-state index contributed by atoms with van der Waals surface area (Å²) in [5, 5.41) is 12.7. The number of hydrogen-bond acceptors (Lipinski definition) is 2. The number of anilines is 1. The molecule has 1 aromatic rings. The molecule has 0 amide bonds. The summed E-state index contributed by atoms with van der Waals surface area (Å²) in [7, 11) is 0. The number of benzene rings is 1. The molecule has 1 fully saturated rings. The normalized spacial score (nSPS) is 16.9. The highest BCUT2D eigenvalue weighted by atomic mass is 35.5. The molecule has 1 N–H and O–H groups in total. The van der Waals surface area contributed by atoms with Crippen LogP contribution in [0.1, 0.15) is 25.3 Å². The van der Waals surface area contributed by atoms with E-state index in [1.54, 1.807) is 6.07 Å². The standard InChI is InChI=1S/C12H13ClN2/c1-8(9-2-3-9)15-11-5-4-10(7-14)12(13)6-11/h4-6,8-9,15H,2-3H2,1H3/t8-/m0/s1. The van der Waals surface area contributed by atoms with Crippen LogP contribution in [-0.2, 0) is 0 Å². The number of rotatable bonds is 3. The van der Waals surface area contributed by atoms with Gasteiger partial charge in [-0.05, 0) is 43.9 Å². The highest BCUT2D eigenvalue weighted by Gasteiger charge is 2.27. The Balaban J connectivity index is 2.09. The first-order chi connectivity index (χ1) is 7.20. The lowest BCUT2D eigenvalue weighted by Crippen LogP contribution is -2.17. The smallest absolute Gasteiger partial charge is 0.101 e. The minimum Gasteiger partial charge on any atom is -0.382 e. The summed E-state index contributed by atoms with van der Waals surface area (Å²) in [6.07, 6.45) is 2.64. The Labute approximate surface area is 94.9 Å². The van der Waals surface area contributed by atoms with Gasteiger partial charge in [-0.2, -0.15) is 5.26 Å². The number of halogens is 1. The van der Waals surface area contributed by atoms with Crippen LogP contribution in [0.2, 0.25) is 5.02 Å². The zero-order chi connectivity index (χ0) is 10.8. The Morgan fingerprint density at radius 3 is 2.80 bits per heavy atom. The molecule has 0 radical (unpaired) electrons. The third kappa shape index (κ3) is 2.43. The fourth-order valence-electron chi connectivity index (χ4n) is 1.67. The van der Waals surface area contributed by atoms with Crippen molar-refractivity contribution in [1.29, 1.82) is 5.26 Å². The molecule has 0 heterocycles. The van der Waals surface area contributed by atoms with E-state index in [1.165, 1.54) is 12.8 Å². The van der Waals surface area contributed by atoms with E-state index >= 15 is 0 Å². The van der Waals surface area contributed by atoms with Crippen LogP contribution in [-0.4, -0.2) is 6.04 Å². The second kappa shape index (κ2) is 4.12. The van der Waals surface area contributed by atoms with Crippen LogP contribution in [0.25, 0.3) is 0 Å². The van der Waals surface area contributed by atoms with E-state index in [-0.39, 0.29) is 0 Å². The van der Waals surface area contributed by atoms with E-state index in [1.807, 2.05) is 12.1 Å². The topological polar surface area (TPSA) is 35.8 Å². The number of nitriles is 1. The summed E-state index contributed by atoms with van der Waals surface area (Å²) in [6, 6.07) is 8.02. The van der Waals surface area contributed by atoms with E-state index in [0.717, 1.165) is 11.6 Å². The largest absolute Gasteiger partial charge is 0.382 e. The SMILES string of the molecule is C[C@H](Nc1ccc(C#N)c(Cl)c1)C1CC1. The Morgan fingerprint density at radius 1 is 1.53 bits per heavy atom. The molecule has 0 unspecified atom stereocenters. The van der Waals surface area contributed by atoms with Crippen molar-refractivity contribution < 1.29 is 0 Å². The van der Waals surface area contributed by atoms with Crippen LogP contribution in [0.3, 0.4) is 0 Å². The van der Waals surface area contributed by atoms with Crippen molar-refractivity contribution in [3.63, 3.8) is 0 Å². The van der Waals surface area contributed by atoms with E-state index in [9.17, 15) is 0 Å².